The molecule has 1 aliphatic rings. The van der Waals surface area contributed by atoms with E-state index in [1.807, 2.05) is 4.90 Å². The van der Waals surface area contributed by atoms with Crippen LogP contribution in [0, 0.1) is 11.7 Å². The van der Waals surface area contributed by atoms with Gasteiger partial charge in [0.15, 0.2) is 5.75 Å². The third kappa shape index (κ3) is 9.37. The van der Waals surface area contributed by atoms with E-state index in [0.717, 1.165) is 6.07 Å². The molecule has 2 rings (SSSR count). The van der Waals surface area contributed by atoms with Gasteiger partial charge in [0.25, 0.3) is 5.91 Å². The van der Waals surface area contributed by atoms with E-state index in [0.29, 0.717) is 38.1 Å². The van der Waals surface area contributed by atoms with Crippen LogP contribution in [0.1, 0.15) is 42.6 Å². The highest BCUT2D eigenvalue weighted by atomic mass is 32.2. The molecule has 0 unspecified atom stereocenters. The number of likely N-dealkylation sites (tertiary alicyclic amines) is 1. The van der Waals surface area contributed by atoms with Crippen LogP contribution in [0.15, 0.2) is 18.2 Å². The highest BCUT2D eigenvalue weighted by Crippen LogP contribution is 2.30. The normalized spacial score (nSPS) is 17.1. The van der Waals surface area contributed by atoms with Crippen molar-refractivity contribution in [2.75, 3.05) is 31.9 Å². The Morgan fingerprint density at radius 2 is 1.65 bits per heavy atom. The maximum atomic E-state index is 13.5. The SMILES string of the molecule is CC(C)(CN1CCC(CNC(=O)c2cc(F)cc(C(F)(F)F)c2)CC1)NS(=O)(=O)CC(F)(F)F. The van der Waals surface area contributed by atoms with Crippen LogP contribution in [0.2, 0.25) is 0 Å². The van der Waals surface area contributed by atoms with Crippen LogP contribution < -0.4 is 10.0 Å². The number of halogens is 7. The number of benzene rings is 1. The maximum absolute atomic E-state index is 13.5. The zero-order chi connectivity index (χ0) is 25.9. The molecule has 1 heterocycles. The summed E-state index contributed by atoms with van der Waals surface area (Å²) in [5.74, 6) is -4.02. The van der Waals surface area contributed by atoms with Crippen molar-refractivity contribution in [3.63, 3.8) is 0 Å². The van der Waals surface area contributed by atoms with Gasteiger partial charge in [-0.05, 0) is 63.9 Å². The Hall–Kier alpha value is -1.93. The lowest BCUT2D eigenvalue weighted by atomic mass is 9.95. The average molecular weight is 521 g/mol. The molecule has 194 valence electrons. The number of sulfonamides is 1. The second kappa shape index (κ2) is 10.4. The first-order chi connectivity index (χ1) is 15.4. The number of hydrogen-bond donors (Lipinski definition) is 2. The molecule has 6 nitrogen and oxygen atoms in total. The Labute approximate surface area is 192 Å². The van der Waals surface area contributed by atoms with E-state index in [9.17, 15) is 43.9 Å². The van der Waals surface area contributed by atoms with Crippen LogP contribution in [0.4, 0.5) is 30.7 Å². The van der Waals surface area contributed by atoms with Crippen LogP contribution in [-0.2, 0) is 16.2 Å². The zero-order valence-corrected chi connectivity index (χ0v) is 19.3. The van der Waals surface area contributed by atoms with Crippen molar-refractivity contribution >= 4 is 15.9 Å². The molecule has 1 amide bonds. The second-order valence-corrected chi connectivity index (χ2v) is 10.7. The van der Waals surface area contributed by atoms with Gasteiger partial charge >= 0.3 is 12.4 Å². The molecule has 0 radical (unpaired) electrons. The zero-order valence-electron chi connectivity index (χ0n) is 18.5. The topological polar surface area (TPSA) is 78.5 Å². The minimum Gasteiger partial charge on any atom is -0.352 e. The fraction of sp³-hybridized carbons (Fsp3) is 0.650. The van der Waals surface area contributed by atoms with E-state index in [1.165, 1.54) is 13.8 Å². The van der Waals surface area contributed by atoms with Crippen LogP contribution in [0.5, 0.6) is 0 Å². The fourth-order valence-corrected chi connectivity index (χ4v) is 5.25. The first kappa shape index (κ1) is 28.3. The third-order valence-corrected chi connectivity index (χ3v) is 6.72. The fourth-order valence-electron chi connectivity index (χ4n) is 3.84. The van der Waals surface area contributed by atoms with Gasteiger partial charge in [0, 0.05) is 24.2 Å². The van der Waals surface area contributed by atoms with E-state index in [4.69, 9.17) is 0 Å². The van der Waals surface area contributed by atoms with Gasteiger partial charge in [0.05, 0.1) is 5.56 Å². The number of nitrogens with one attached hydrogen (secondary N) is 2. The number of nitrogens with zero attached hydrogens (tertiary/aromatic N) is 1. The van der Waals surface area contributed by atoms with E-state index in [2.05, 4.69) is 10.0 Å². The van der Waals surface area contributed by atoms with Crippen LogP contribution in [0.3, 0.4) is 0 Å². The van der Waals surface area contributed by atoms with Gasteiger partial charge in [0.2, 0.25) is 10.0 Å². The quantitative estimate of drug-likeness (QED) is 0.513. The van der Waals surface area contributed by atoms with Crippen molar-refractivity contribution in [1.29, 1.82) is 0 Å². The van der Waals surface area contributed by atoms with Gasteiger partial charge in [-0.15, -0.1) is 0 Å². The molecule has 1 saturated heterocycles. The molecule has 0 saturated carbocycles. The molecule has 2 N–H and O–H groups in total. The molecular weight excluding hydrogens is 495 g/mol. The summed E-state index contributed by atoms with van der Waals surface area (Å²) in [6.45, 7) is 4.20. The van der Waals surface area contributed by atoms with Gasteiger partial charge in [-0.2, -0.15) is 26.3 Å². The predicted octanol–water partition coefficient (Wildman–Crippen LogP) is 3.55. The molecule has 0 aliphatic carbocycles. The van der Waals surface area contributed by atoms with Crippen molar-refractivity contribution in [3.05, 3.63) is 35.1 Å². The third-order valence-electron chi connectivity index (χ3n) is 5.15. The first-order valence-corrected chi connectivity index (χ1v) is 12.0. The average Bonchev–Trinajstić information content (AvgIpc) is 2.62. The number of amides is 1. The molecule has 0 aromatic heterocycles. The lowest BCUT2D eigenvalue weighted by Crippen LogP contribution is -2.54. The molecule has 0 spiro atoms. The predicted molar refractivity (Wildman–Crippen MR) is 110 cm³/mol. The monoisotopic (exact) mass is 521 g/mol. The summed E-state index contributed by atoms with van der Waals surface area (Å²) in [4.78, 5) is 14.1. The molecule has 34 heavy (non-hydrogen) atoms. The van der Waals surface area contributed by atoms with Crippen molar-refractivity contribution in [2.24, 2.45) is 5.92 Å². The molecule has 1 aliphatic heterocycles. The van der Waals surface area contributed by atoms with Crippen molar-refractivity contribution in [3.8, 4) is 0 Å². The largest absolute Gasteiger partial charge is 0.416 e. The van der Waals surface area contributed by atoms with Crippen molar-refractivity contribution < 1.29 is 43.9 Å². The smallest absolute Gasteiger partial charge is 0.352 e. The molecule has 1 aromatic carbocycles. The highest BCUT2D eigenvalue weighted by Gasteiger charge is 2.38. The Kier molecular flexibility index (Phi) is 8.63. The van der Waals surface area contributed by atoms with Crippen molar-refractivity contribution in [1.82, 2.24) is 14.9 Å². The minimum atomic E-state index is -4.86. The summed E-state index contributed by atoms with van der Waals surface area (Å²) in [5, 5.41) is 2.50. The highest BCUT2D eigenvalue weighted by molar-refractivity contribution is 7.89. The number of carbonyl (C=O) groups is 1. The lowest BCUT2D eigenvalue weighted by Gasteiger charge is -2.37. The van der Waals surface area contributed by atoms with E-state index in [-0.39, 0.29) is 19.0 Å². The molecular formula is C20H26F7N3O3S. The van der Waals surface area contributed by atoms with Gasteiger partial charge in [-0.1, -0.05) is 0 Å². The summed E-state index contributed by atoms with van der Waals surface area (Å²) >= 11 is 0. The summed E-state index contributed by atoms with van der Waals surface area (Å²) in [6, 6.07) is 1.59. The Balaban J connectivity index is 1.84. The van der Waals surface area contributed by atoms with Gasteiger partial charge in [0.1, 0.15) is 5.82 Å². The van der Waals surface area contributed by atoms with E-state index in [1.54, 1.807) is 0 Å². The lowest BCUT2D eigenvalue weighted by molar-refractivity contribution is -0.137. The van der Waals surface area contributed by atoms with Crippen LogP contribution in [-0.4, -0.2) is 62.9 Å². The molecule has 1 aromatic rings. The molecule has 0 atom stereocenters. The number of hydrogen-bond acceptors (Lipinski definition) is 4. The van der Waals surface area contributed by atoms with Gasteiger partial charge in [-0.3, -0.25) is 4.79 Å². The Bertz CT molecular complexity index is 971. The summed E-state index contributed by atoms with van der Waals surface area (Å²) < 4.78 is 115. The van der Waals surface area contributed by atoms with E-state index >= 15 is 0 Å². The van der Waals surface area contributed by atoms with Gasteiger partial charge < -0.3 is 10.2 Å². The standard InChI is InChI=1S/C20H26F7N3O3S/c1-18(2,29-34(32,33)12-19(22,23)24)11-30-5-3-13(4-6-30)10-28-17(31)14-7-15(20(25,26)27)9-16(21)8-14/h7-9,13,29H,3-6,10-12H2,1-2H3,(H,28,31). The summed E-state index contributed by atoms with van der Waals surface area (Å²) in [5.41, 5.74) is -2.87. The van der Waals surface area contributed by atoms with Crippen LogP contribution in [0.25, 0.3) is 0 Å². The summed E-state index contributed by atoms with van der Waals surface area (Å²) in [7, 11) is -4.56. The number of piperidine rings is 1. The number of rotatable bonds is 8. The first-order valence-electron chi connectivity index (χ1n) is 10.3. The Morgan fingerprint density at radius 1 is 1.06 bits per heavy atom. The van der Waals surface area contributed by atoms with Crippen molar-refractivity contribution in [2.45, 2.75) is 44.6 Å². The minimum absolute atomic E-state index is 0.0270. The second-order valence-electron chi connectivity index (χ2n) is 9.02. The van der Waals surface area contributed by atoms with Gasteiger partial charge in [-0.25, -0.2) is 17.5 Å². The molecule has 14 heteroatoms. The molecule has 0 bridgehead atoms. The van der Waals surface area contributed by atoms with Crippen LogP contribution >= 0.6 is 0 Å². The number of carbonyl (C=O) groups excluding carboxylic acids is 1. The summed E-state index contributed by atoms with van der Waals surface area (Å²) in [6.07, 6.45) is -8.53. The number of alkyl halides is 6. The van der Waals surface area contributed by atoms with E-state index < -0.39 is 56.5 Å². The maximum Gasteiger partial charge on any atom is 0.416 e. The Morgan fingerprint density at radius 3 is 2.18 bits per heavy atom. The molecule has 1 fully saturated rings.